The first kappa shape index (κ1) is 36.9. The van der Waals surface area contributed by atoms with Crippen molar-refractivity contribution >= 4 is 17.8 Å². The summed E-state index contributed by atoms with van der Waals surface area (Å²) in [6.45, 7) is 1.04. The number of carbonyl (C=O) groups excluding carboxylic acids is 1. The lowest BCUT2D eigenvalue weighted by Crippen LogP contribution is -2.50. The molecule has 1 amide bonds. The number of carboxylic acid groups (broad SMARTS) is 2. The second-order valence-electron chi connectivity index (χ2n) is 13.9. The number of carbonyl (C=O) groups is 3. The van der Waals surface area contributed by atoms with Crippen molar-refractivity contribution in [1.29, 1.82) is 0 Å². The quantitative estimate of drug-likeness (QED) is 0.0957. The van der Waals surface area contributed by atoms with E-state index in [4.69, 9.17) is 9.47 Å². The Morgan fingerprint density at radius 2 is 1.21 bits per heavy atom. The Balaban J connectivity index is 1.10. The monoisotopic (exact) mass is 670 g/mol. The predicted molar refractivity (Wildman–Crippen MR) is 164 cm³/mol. The summed E-state index contributed by atoms with van der Waals surface area (Å²) in [5.41, 5.74) is 2.32. The largest absolute Gasteiger partial charge is 0.481 e. The standard InChI is InChI=1S/C31H50N4O12/c36-29(27-17-21(35(44)45)7-13-25(27)31(39)40)32-19-4-10-23(11-5-19)47-15-1-14-46-22-8-2-18(3-9-22)28(33-41)26-16-20(34(42)43)6-12-24(26)30(37)38/h18-28,33,41H,1-17H2,(H,32,36)(H,37,38)(H,39,40). The summed E-state index contributed by atoms with van der Waals surface area (Å²) in [5, 5.41) is 54.8. The molecule has 4 aliphatic carbocycles. The van der Waals surface area contributed by atoms with E-state index < -0.39 is 64.6 Å². The van der Waals surface area contributed by atoms with Crippen LogP contribution in [0.1, 0.15) is 96.3 Å². The van der Waals surface area contributed by atoms with Gasteiger partial charge < -0.3 is 30.2 Å². The van der Waals surface area contributed by atoms with Gasteiger partial charge in [-0.2, -0.15) is 0 Å². The van der Waals surface area contributed by atoms with Crippen molar-refractivity contribution in [3.63, 3.8) is 0 Å². The van der Waals surface area contributed by atoms with Gasteiger partial charge in [0.05, 0.1) is 30.0 Å². The van der Waals surface area contributed by atoms with E-state index in [1.54, 1.807) is 0 Å². The smallest absolute Gasteiger partial charge is 0.307 e. The Kier molecular flexibility index (Phi) is 13.7. The number of carboxylic acids is 2. The van der Waals surface area contributed by atoms with Crippen LogP contribution in [-0.2, 0) is 23.9 Å². The van der Waals surface area contributed by atoms with E-state index >= 15 is 0 Å². The molecule has 0 aromatic carbocycles. The van der Waals surface area contributed by atoms with Gasteiger partial charge in [-0.3, -0.25) is 34.6 Å². The van der Waals surface area contributed by atoms with Gasteiger partial charge in [-0.05, 0) is 82.5 Å². The fourth-order valence-corrected chi connectivity index (χ4v) is 8.41. The number of hydrogen-bond acceptors (Lipinski definition) is 11. The van der Waals surface area contributed by atoms with Gasteiger partial charge in [-0.15, -0.1) is 0 Å². The summed E-state index contributed by atoms with van der Waals surface area (Å²) in [4.78, 5) is 58.3. The molecule has 4 rings (SSSR count). The van der Waals surface area contributed by atoms with Crippen molar-refractivity contribution in [1.82, 2.24) is 10.8 Å². The second-order valence-corrected chi connectivity index (χ2v) is 13.9. The summed E-state index contributed by atoms with van der Waals surface area (Å²) in [6.07, 6.45) is 7.42. The Morgan fingerprint density at radius 3 is 1.72 bits per heavy atom. The minimum atomic E-state index is -1.09. The topological polar surface area (TPSA) is 241 Å². The van der Waals surface area contributed by atoms with E-state index in [0.29, 0.717) is 32.5 Å². The van der Waals surface area contributed by atoms with Gasteiger partial charge in [-0.25, -0.2) is 5.48 Å². The first-order chi connectivity index (χ1) is 22.5. The van der Waals surface area contributed by atoms with Gasteiger partial charge in [0.25, 0.3) is 0 Å². The van der Waals surface area contributed by atoms with Crippen molar-refractivity contribution in [2.75, 3.05) is 13.2 Å². The number of nitrogens with one attached hydrogen (secondary N) is 2. The third-order valence-corrected chi connectivity index (χ3v) is 11.1. The van der Waals surface area contributed by atoms with Crippen LogP contribution >= 0.6 is 0 Å². The van der Waals surface area contributed by atoms with Crippen molar-refractivity contribution < 1.29 is 49.1 Å². The highest BCUT2D eigenvalue weighted by Crippen LogP contribution is 2.40. The molecule has 0 aliphatic heterocycles. The van der Waals surface area contributed by atoms with Crippen LogP contribution in [0.3, 0.4) is 0 Å². The Bertz CT molecular complexity index is 1090. The van der Waals surface area contributed by atoms with E-state index in [2.05, 4.69) is 10.8 Å². The third kappa shape index (κ3) is 10.0. The summed E-state index contributed by atoms with van der Waals surface area (Å²) < 4.78 is 12.1. The Hall–Kier alpha value is -2.95. The van der Waals surface area contributed by atoms with E-state index in [9.17, 15) is 50.0 Å². The molecule has 0 aromatic heterocycles. The number of rotatable bonds is 15. The fraction of sp³-hybridized carbons (Fsp3) is 0.903. The average molecular weight is 671 g/mol. The van der Waals surface area contributed by atoms with Crippen LogP contribution in [0.4, 0.5) is 0 Å². The molecule has 16 heteroatoms. The molecule has 7 atom stereocenters. The highest BCUT2D eigenvalue weighted by molar-refractivity contribution is 5.85. The molecule has 266 valence electrons. The molecule has 5 N–H and O–H groups in total. The highest BCUT2D eigenvalue weighted by atomic mass is 16.6. The molecule has 7 unspecified atom stereocenters. The van der Waals surface area contributed by atoms with Crippen molar-refractivity contribution in [3.8, 4) is 0 Å². The molecule has 0 aromatic rings. The summed E-state index contributed by atoms with van der Waals surface area (Å²) in [7, 11) is 0. The summed E-state index contributed by atoms with van der Waals surface area (Å²) in [6, 6.07) is -2.33. The van der Waals surface area contributed by atoms with Crippen molar-refractivity contribution in [2.45, 2.75) is 133 Å². The number of ether oxygens (including phenoxy) is 2. The van der Waals surface area contributed by atoms with Gasteiger partial charge in [-0.1, -0.05) is 0 Å². The number of nitrogens with zero attached hydrogens (tertiary/aromatic N) is 2. The molecule has 47 heavy (non-hydrogen) atoms. The van der Waals surface area contributed by atoms with Gasteiger partial charge in [0.1, 0.15) is 0 Å². The zero-order chi connectivity index (χ0) is 34.1. The molecule has 0 bridgehead atoms. The summed E-state index contributed by atoms with van der Waals surface area (Å²) >= 11 is 0. The van der Waals surface area contributed by atoms with Crippen molar-refractivity contribution in [3.05, 3.63) is 20.2 Å². The number of nitro groups is 2. The Morgan fingerprint density at radius 1 is 0.702 bits per heavy atom. The zero-order valence-corrected chi connectivity index (χ0v) is 26.8. The molecule has 4 aliphatic rings. The van der Waals surface area contributed by atoms with E-state index in [1.807, 2.05) is 0 Å². The van der Waals surface area contributed by atoms with Crippen LogP contribution in [0, 0.1) is 49.8 Å². The number of hydroxylamine groups is 1. The second kappa shape index (κ2) is 17.4. The Labute approximate surface area is 273 Å². The van der Waals surface area contributed by atoms with E-state index in [1.165, 1.54) is 0 Å². The fourth-order valence-electron chi connectivity index (χ4n) is 8.41. The van der Waals surface area contributed by atoms with Crippen LogP contribution in [0.15, 0.2) is 0 Å². The highest BCUT2D eigenvalue weighted by Gasteiger charge is 2.46. The zero-order valence-electron chi connectivity index (χ0n) is 26.8. The minimum Gasteiger partial charge on any atom is -0.481 e. The maximum absolute atomic E-state index is 12.9. The summed E-state index contributed by atoms with van der Waals surface area (Å²) in [5.74, 6) is -5.53. The van der Waals surface area contributed by atoms with Crippen LogP contribution in [0.2, 0.25) is 0 Å². The number of aliphatic carboxylic acids is 2. The lowest BCUT2D eigenvalue weighted by molar-refractivity contribution is -0.529. The number of amides is 1. The van der Waals surface area contributed by atoms with Gasteiger partial charge in [0.2, 0.25) is 18.0 Å². The van der Waals surface area contributed by atoms with Gasteiger partial charge >= 0.3 is 11.9 Å². The average Bonchev–Trinajstić information content (AvgIpc) is 3.05. The van der Waals surface area contributed by atoms with E-state index in [0.717, 1.165) is 38.5 Å². The van der Waals surface area contributed by atoms with Crippen LogP contribution < -0.4 is 10.8 Å². The molecule has 0 heterocycles. The van der Waals surface area contributed by atoms with Gasteiger partial charge in [0, 0.05) is 60.8 Å². The normalized spacial score (nSPS) is 35.3. The van der Waals surface area contributed by atoms with E-state index in [-0.39, 0.29) is 67.6 Å². The maximum Gasteiger partial charge on any atom is 0.307 e. The molecule has 4 saturated carbocycles. The number of hydrogen-bond donors (Lipinski definition) is 5. The third-order valence-electron chi connectivity index (χ3n) is 11.1. The molecule has 0 spiro atoms. The molecule has 0 saturated heterocycles. The lowest BCUT2D eigenvalue weighted by atomic mass is 9.68. The first-order valence-corrected chi connectivity index (χ1v) is 17.1. The molecular formula is C31H50N4O12. The van der Waals surface area contributed by atoms with Crippen LogP contribution in [0.25, 0.3) is 0 Å². The van der Waals surface area contributed by atoms with Gasteiger partial charge in [0.15, 0.2) is 0 Å². The van der Waals surface area contributed by atoms with Crippen LogP contribution in [-0.4, -0.2) is 92.7 Å². The lowest BCUT2D eigenvalue weighted by Gasteiger charge is -2.41. The molecule has 0 radical (unpaired) electrons. The molecule has 4 fully saturated rings. The first-order valence-electron chi connectivity index (χ1n) is 17.1. The van der Waals surface area contributed by atoms with Crippen LogP contribution in [0.5, 0.6) is 0 Å². The SMILES string of the molecule is O=C(O)C1CCC([N+](=O)[O-])CC1C(=O)NC1CCC(OCCCOC2CCC(C(NO)C3CC([N+](=O)[O-])CCC3C(=O)O)CC2)CC1. The molecular weight excluding hydrogens is 620 g/mol. The van der Waals surface area contributed by atoms with Crippen molar-refractivity contribution in [2.24, 2.45) is 29.6 Å². The maximum atomic E-state index is 12.9. The minimum absolute atomic E-state index is 0.000303. The predicted octanol–water partition coefficient (Wildman–Crippen LogP) is 3.04. The molecule has 16 nitrogen and oxygen atoms in total.